The van der Waals surface area contributed by atoms with Crippen LogP contribution in [-0.2, 0) is 11.0 Å². The van der Waals surface area contributed by atoms with Gasteiger partial charge in [-0.25, -0.2) is 4.98 Å². The van der Waals surface area contributed by atoms with Crippen LogP contribution in [-0.4, -0.2) is 38.6 Å². The van der Waals surface area contributed by atoms with Gasteiger partial charge in [-0.2, -0.15) is 18.4 Å². The number of nitriles is 1. The van der Waals surface area contributed by atoms with Crippen molar-refractivity contribution in [3.8, 4) is 23.2 Å². The first kappa shape index (κ1) is 47.6. The molecular weight excluding hydrogens is 688 g/mol. The van der Waals surface area contributed by atoms with Crippen molar-refractivity contribution >= 4 is 34.4 Å². The second-order valence-electron chi connectivity index (χ2n) is 12.1. The molecule has 0 unspecified atom stereocenters. The number of alkyl halides is 3. The summed E-state index contributed by atoms with van der Waals surface area (Å²) in [6.45, 7) is 23.2. The maximum Gasteiger partial charge on any atom is 0.417 e. The Morgan fingerprint density at radius 1 is 1.02 bits per heavy atom. The molecule has 0 aliphatic heterocycles. The third-order valence-corrected chi connectivity index (χ3v) is 7.87. The van der Waals surface area contributed by atoms with Crippen LogP contribution in [0.4, 0.5) is 18.9 Å². The Labute approximate surface area is 313 Å². The fourth-order valence-electron chi connectivity index (χ4n) is 4.89. The Hall–Kier alpha value is -4.37. The number of nitrogens with one attached hydrogen (secondary N) is 2. The lowest BCUT2D eigenvalue weighted by atomic mass is 9.93. The minimum atomic E-state index is -4.45. The van der Waals surface area contributed by atoms with Gasteiger partial charge in [-0.05, 0) is 78.3 Å². The Morgan fingerprint density at radius 3 is 2.08 bits per heavy atom. The van der Waals surface area contributed by atoms with Gasteiger partial charge in [0.2, 0.25) is 0 Å². The number of thiocarbonyl (C=S) groups is 1. The van der Waals surface area contributed by atoms with Gasteiger partial charge in [0.05, 0.1) is 51.3 Å². The monoisotopic (exact) mass is 743 g/mol. The summed E-state index contributed by atoms with van der Waals surface area (Å²) in [6, 6.07) is 10.6. The van der Waals surface area contributed by atoms with Gasteiger partial charge in [-0.1, -0.05) is 84.7 Å². The number of nitrogens with zero attached hydrogens (tertiary/aromatic N) is 3. The van der Waals surface area contributed by atoms with Crippen LogP contribution in [0.3, 0.4) is 0 Å². The standard InChI is InChI=1S/C25H34N4O3S.C9H6F3N.C4H10.C2H6/c1-8-11-19(26)22-15(4)24(31)28-23(27-22)18-14-17(12-13-20(18)32-10-3)29(16(5)33)25(6,7)21(30)9-2;1-6-2-3-7(5-13)8(4-6)9(10,11)12;1-3-4-2;1-2/h12-14,26H,8-11H2,1-7H3,(H,27,28,31);2-4H,1H3;3-4H2,1-2H3;1-2H3. The number of carbonyl (C=O) groups excluding carboxylic acids is 1. The molecule has 0 spiro atoms. The molecule has 286 valence electrons. The van der Waals surface area contributed by atoms with Gasteiger partial charge < -0.3 is 20.0 Å². The van der Waals surface area contributed by atoms with E-state index in [-0.39, 0.29) is 16.9 Å². The molecule has 52 heavy (non-hydrogen) atoms. The number of aromatic amines is 1. The molecule has 0 fully saturated rings. The lowest BCUT2D eigenvalue weighted by Crippen LogP contribution is -2.52. The first-order valence-corrected chi connectivity index (χ1v) is 18.1. The molecule has 0 saturated heterocycles. The summed E-state index contributed by atoms with van der Waals surface area (Å²) in [7, 11) is 0. The molecule has 1 heterocycles. The van der Waals surface area contributed by atoms with E-state index < -0.39 is 17.3 Å². The number of H-pyrrole nitrogens is 1. The maximum absolute atomic E-state index is 12.7. The van der Waals surface area contributed by atoms with Crippen molar-refractivity contribution in [3.05, 3.63) is 74.7 Å². The highest BCUT2D eigenvalue weighted by atomic mass is 32.1. The molecule has 0 amide bonds. The van der Waals surface area contributed by atoms with Crippen molar-refractivity contribution in [2.45, 2.75) is 127 Å². The van der Waals surface area contributed by atoms with E-state index >= 15 is 0 Å². The normalized spacial score (nSPS) is 10.6. The number of ketones is 1. The van der Waals surface area contributed by atoms with Gasteiger partial charge in [0.1, 0.15) is 11.6 Å². The number of hydrogen-bond donors (Lipinski definition) is 2. The van der Waals surface area contributed by atoms with Crippen LogP contribution >= 0.6 is 12.2 Å². The van der Waals surface area contributed by atoms with Crippen molar-refractivity contribution in [1.82, 2.24) is 9.97 Å². The third kappa shape index (κ3) is 13.3. The summed E-state index contributed by atoms with van der Waals surface area (Å²) in [5.74, 6) is 0.912. The molecule has 12 heteroatoms. The van der Waals surface area contributed by atoms with Crippen LogP contribution < -0.4 is 15.2 Å². The number of Topliss-reactive ketones (excluding diaryl/α,β-unsaturated/α-hetero) is 1. The summed E-state index contributed by atoms with van der Waals surface area (Å²) in [5.41, 5.74) is 0.521. The topological polar surface area (TPSA) is 123 Å². The van der Waals surface area contributed by atoms with E-state index in [0.717, 1.165) is 12.5 Å². The first-order chi connectivity index (χ1) is 24.3. The molecule has 0 atom stereocenters. The van der Waals surface area contributed by atoms with E-state index in [2.05, 4.69) is 23.8 Å². The molecule has 8 nitrogen and oxygen atoms in total. The summed E-state index contributed by atoms with van der Waals surface area (Å²) in [6.07, 6.45) is -0.117. The van der Waals surface area contributed by atoms with E-state index in [1.165, 1.54) is 31.0 Å². The summed E-state index contributed by atoms with van der Waals surface area (Å²) >= 11 is 5.52. The van der Waals surface area contributed by atoms with Crippen molar-refractivity contribution in [2.24, 2.45) is 0 Å². The number of hydrogen-bond acceptors (Lipinski definition) is 7. The van der Waals surface area contributed by atoms with Gasteiger partial charge in [0, 0.05) is 17.7 Å². The van der Waals surface area contributed by atoms with E-state index in [4.69, 9.17) is 27.6 Å². The number of rotatable bonds is 11. The Bertz CT molecular complexity index is 1740. The van der Waals surface area contributed by atoms with Gasteiger partial charge in [0.25, 0.3) is 5.56 Å². The second kappa shape index (κ2) is 22.5. The van der Waals surface area contributed by atoms with Crippen LogP contribution in [0.2, 0.25) is 0 Å². The zero-order valence-corrected chi connectivity index (χ0v) is 33.6. The molecule has 0 radical (unpaired) electrons. The van der Waals surface area contributed by atoms with E-state index in [9.17, 15) is 22.8 Å². The zero-order valence-electron chi connectivity index (χ0n) is 32.8. The minimum Gasteiger partial charge on any atom is -0.493 e. The van der Waals surface area contributed by atoms with Crippen molar-refractivity contribution < 1.29 is 22.7 Å². The average Bonchev–Trinajstić information content (AvgIpc) is 3.10. The number of anilines is 1. The number of ether oxygens (including phenoxy) is 1. The molecule has 0 aliphatic carbocycles. The molecule has 2 N–H and O–H groups in total. The van der Waals surface area contributed by atoms with Gasteiger partial charge in [-0.3, -0.25) is 9.59 Å². The molecular formula is C40H56F3N5O3S. The fourth-order valence-corrected chi connectivity index (χ4v) is 5.22. The second-order valence-corrected chi connectivity index (χ2v) is 12.7. The highest BCUT2D eigenvalue weighted by molar-refractivity contribution is 7.80. The SMILES string of the molecule is CC.CCCC.CCCC(=N)c1nc(-c2cc(N(C(C)=S)C(C)(C)C(=O)CC)ccc2OCC)[nH]c(=O)c1C.Cc1ccc(C#N)c(C(F)(F)F)c1. The predicted octanol–water partition coefficient (Wildman–Crippen LogP) is 10.9. The Balaban J connectivity index is 0.00000112. The summed E-state index contributed by atoms with van der Waals surface area (Å²) in [4.78, 5) is 35.3. The van der Waals surface area contributed by atoms with Crippen LogP contribution in [0.15, 0.2) is 41.2 Å². The van der Waals surface area contributed by atoms with Crippen LogP contribution in [0.25, 0.3) is 11.4 Å². The summed E-state index contributed by atoms with van der Waals surface area (Å²) in [5, 5.41) is 16.8. The van der Waals surface area contributed by atoms with Crippen LogP contribution in [0.1, 0.15) is 129 Å². The van der Waals surface area contributed by atoms with Crippen molar-refractivity contribution in [2.75, 3.05) is 11.5 Å². The Kier molecular flexibility index (Phi) is 20.6. The third-order valence-electron chi connectivity index (χ3n) is 7.69. The van der Waals surface area contributed by atoms with E-state index in [0.29, 0.717) is 69.8 Å². The molecule has 0 aliphatic rings. The van der Waals surface area contributed by atoms with E-state index in [1.807, 2.05) is 65.5 Å². The molecule has 3 aromatic rings. The van der Waals surface area contributed by atoms with Gasteiger partial charge in [-0.15, -0.1) is 0 Å². The largest absolute Gasteiger partial charge is 0.493 e. The lowest BCUT2D eigenvalue weighted by molar-refractivity contribution is -0.137. The van der Waals surface area contributed by atoms with Crippen LogP contribution in [0, 0.1) is 30.6 Å². The fraction of sp³-hybridized carbons (Fsp3) is 0.500. The average molecular weight is 744 g/mol. The smallest absolute Gasteiger partial charge is 0.417 e. The summed E-state index contributed by atoms with van der Waals surface area (Å²) < 4.78 is 42.6. The minimum absolute atomic E-state index is 0.0549. The van der Waals surface area contributed by atoms with Crippen LogP contribution in [0.5, 0.6) is 5.75 Å². The van der Waals surface area contributed by atoms with Crippen molar-refractivity contribution in [3.63, 3.8) is 0 Å². The highest BCUT2D eigenvalue weighted by Crippen LogP contribution is 2.36. The number of carbonyl (C=O) groups is 1. The number of benzene rings is 2. The lowest BCUT2D eigenvalue weighted by Gasteiger charge is -2.38. The highest BCUT2D eigenvalue weighted by Gasteiger charge is 2.35. The molecule has 0 bridgehead atoms. The van der Waals surface area contributed by atoms with Crippen molar-refractivity contribution in [1.29, 1.82) is 10.7 Å². The number of aryl methyl sites for hydroxylation is 1. The van der Waals surface area contributed by atoms with Gasteiger partial charge in [0.15, 0.2) is 5.78 Å². The maximum atomic E-state index is 12.7. The Morgan fingerprint density at radius 2 is 1.62 bits per heavy atom. The predicted molar refractivity (Wildman–Crippen MR) is 211 cm³/mol. The quantitative estimate of drug-likeness (QED) is 0.148. The molecule has 0 saturated carbocycles. The molecule has 2 aromatic carbocycles. The number of unbranched alkanes of at least 4 members (excludes halogenated alkanes) is 1. The number of halogens is 3. The first-order valence-electron chi connectivity index (χ1n) is 17.7. The van der Waals surface area contributed by atoms with Gasteiger partial charge >= 0.3 is 6.18 Å². The number of aromatic nitrogens is 2. The molecule has 1 aromatic heterocycles. The van der Waals surface area contributed by atoms with E-state index in [1.54, 1.807) is 26.8 Å². The molecule has 3 rings (SSSR count). The zero-order chi connectivity index (χ0) is 40.4.